The molecule has 0 spiro atoms. The lowest BCUT2D eigenvalue weighted by atomic mass is 10.2. The van der Waals surface area contributed by atoms with Gasteiger partial charge in [0.15, 0.2) is 0 Å². The molecule has 0 radical (unpaired) electrons. The van der Waals surface area contributed by atoms with E-state index in [1.165, 1.54) is 23.3 Å². The zero-order valence-corrected chi connectivity index (χ0v) is 16.2. The fourth-order valence-corrected chi connectivity index (χ4v) is 3.69. The molecule has 2 heterocycles. The molecule has 0 saturated heterocycles. The van der Waals surface area contributed by atoms with Crippen LogP contribution in [0.2, 0.25) is 0 Å². The molecule has 0 unspecified atom stereocenters. The van der Waals surface area contributed by atoms with Crippen LogP contribution in [0, 0.1) is 0 Å². The summed E-state index contributed by atoms with van der Waals surface area (Å²) in [6, 6.07) is 6.44. The molecule has 5 nitrogen and oxygen atoms in total. The fourth-order valence-electron chi connectivity index (χ4n) is 2.76. The van der Waals surface area contributed by atoms with Gasteiger partial charge in [-0.25, -0.2) is 9.97 Å². The summed E-state index contributed by atoms with van der Waals surface area (Å²) < 4.78 is 43.1. The second kappa shape index (κ2) is 8.32. The van der Waals surface area contributed by atoms with Gasteiger partial charge in [-0.3, -0.25) is 0 Å². The Balaban J connectivity index is 1.60. The van der Waals surface area contributed by atoms with Crippen LogP contribution < -0.4 is 9.64 Å². The van der Waals surface area contributed by atoms with Gasteiger partial charge in [0.25, 0.3) is 0 Å². The van der Waals surface area contributed by atoms with Crippen LogP contribution in [0.5, 0.6) is 5.75 Å². The highest BCUT2D eigenvalue weighted by atomic mass is 32.1. The molecule has 0 amide bonds. The zero-order chi connectivity index (χ0) is 20.3. The summed E-state index contributed by atoms with van der Waals surface area (Å²) in [5, 5.41) is 11.2. The Bertz CT molecular complexity index is 928. The summed E-state index contributed by atoms with van der Waals surface area (Å²) in [6.07, 6.45) is -2.83. The molecule has 0 aliphatic rings. The molecule has 0 aliphatic carbocycles. The molecule has 150 valence electrons. The van der Waals surface area contributed by atoms with E-state index in [1.54, 1.807) is 11.3 Å². The first kappa shape index (κ1) is 20.3. The normalized spacial score (nSPS) is 12.9. The van der Waals surface area contributed by atoms with E-state index in [9.17, 15) is 18.3 Å². The topological polar surface area (TPSA) is 58.5 Å². The van der Waals surface area contributed by atoms with Crippen molar-refractivity contribution in [2.45, 2.75) is 25.6 Å². The van der Waals surface area contributed by atoms with Crippen LogP contribution in [0.1, 0.15) is 17.4 Å². The standard InChI is InChI=1S/C19H20F3N3O2S/c1-3-15-8-16-17(23-11-24-18(16)28-15)25(2)9-13(26)10-27-14-6-4-12(5-7-14)19(20,21)22/h4-8,11,13,26H,3,9-10H2,1-2H3/t13-/m0/s1. The molecular weight excluding hydrogens is 391 g/mol. The summed E-state index contributed by atoms with van der Waals surface area (Å²) >= 11 is 1.61. The first-order chi connectivity index (χ1) is 13.3. The lowest BCUT2D eigenvalue weighted by Gasteiger charge is -2.22. The number of aliphatic hydroxyl groups is 1. The Labute approximate surface area is 164 Å². The molecule has 0 saturated carbocycles. The molecule has 3 rings (SSSR count). The molecular formula is C19H20F3N3O2S. The summed E-state index contributed by atoms with van der Waals surface area (Å²) in [5.41, 5.74) is -0.741. The van der Waals surface area contributed by atoms with Crippen molar-refractivity contribution in [2.24, 2.45) is 0 Å². The Morgan fingerprint density at radius 3 is 2.57 bits per heavy atom. The SMILES string of the molecule is CCc1cc2c(N(C)C[C@H](O)COc3ccc(C(F)(F)F)cc3)ncnc2s1. The Morgan fingerprint density at radius 1 is 1.21 bits per heavy atom. The molecule has 2 aromatic heterocycles. The highest BCUT2D eigenvalue weighted by Gasteiger charge is 2.30. The van der Waals surface area contributed by atoms with E-state index in [4.69, 9.17) is 4.74 Å². The van der Waals surface area contributed by atoms with Crippen molar-refractivity contribution in [2.75, 3.05) is 25.1 Å². The number of hydrogen-bond acceptors (Lipinski definition) is 6. The zero-order valence-electron chi connectivity index (χ0n) is 15.4. The van der Waals surface area contributed by atoms with Crippen molar-refractivity contribution >= 4 is 27.4 Å². The van der Waals surface area contributed by atoms with E-state index in [1.807, 2.05) is 11.9 Å². The molecule has 1 atom stereocenters. The monoisotopic (exact) mass is 411 g/mol. The number of alkyl halides is 3. The Kier molecular flexibility index (Phi) is 6.04. The average Bonchev–Trinajstić information content (AvgIpc) is 3.09. The van der Waals surface area contributed by atoms with Gasteiger partial charge in [0.2, 0.25) is 0 Å². The van der Waals surface area contributed by atoms with Gasteiger partial charge in [-0.1, -0.05) is 6.92 Å². The highest BCUT2D eigenvalue weighted by Crippen LogP contribution is 2.31. The van der Waals surface area contributed by atoms with Gasteiger partial charge in [-0.15, -0.1) is 11.3 Å². The minimum Gasteiger partial charge on any atom is -0.491 e. The van der Waals surface area contributed by atoms with Crippen LogP contribution in [-0.2, 0) is 12.6 Å². The number of benzene rings is 1. The number of rotatable bonds is 7. The molecule has 1 aromatic carbocycles. The van der Waals surface area contributed by atoms with Gasteiger partial charge in [0.05, 0.1) is 10.9 Å². The van der Waals surface area contributed by atoms with Crippen molar-refractivity contribution < 1.29 is 23.0 Å². The quantitative estimate of drug-likeness (QED) is 0.633. The predicted octanol–water partition coefficient (Wildman–Crippen LogP) is 4.15. The number of likely N-dealkylation sites (N-methyl/N-ethyl adjacent to an activating group) is 1. The predicted molar refractivity (Wildman–Crippen MR) is 103 cm³/mol. The number of aryl methyl sites for hydroxylation is 1. The number of halogens is 3. The van der Waals surface area contributed by atoms with Crippen molar-refractivity contribution in [3.63, 3.8) is 0 Å². The Morgan fingerprint density at radius 2 is 1.93 bits per heavy atom. The second-order valence-electron chi connectivity index (χ2n) is 6.35. The third-order valence-corrected chi connectivity index (χ3v) is 5.37. The van der Waals surface area contributed by atoms with E-state index in [2.05, 4.69) is 23.0 Å². The van der Waals surface area contributed by atoms with Crippen LogP contribution in [0.15, 0.2) is 36.7 Å². The number of ether oxygens (including phenoxy) is 1. The number of hydrogen-bond donors (Lipinski definition) is 1. The highest BCUT2D eigenvalue weighted by molar-refractivity contribution is 7.18. The van der Waals surface area contributed by atoms with Gasteiger partial charge in [-0.05, 0) is 36.8 Å². The van der Waals surface area contributed by atoms with E-state index < -0.39 is 17.8 Å². The van der Waals surface area contributed by atoms with Gasteiger partial charge >= 0.3 is 6.18 Å². The molecule has 0 aliphatic heterocycles. The first-order valence-corrected chi connectivity index (χ1v) is 9.52. The third-order valence-electron chi connectivity index (χ3n) is 4.18. The molecule has 1 N–H and O–H groups in total. The van der Waals surface area contributed by atoms with Crippen LogP contribution in [0.4, 0.5) is 19.0 Å². The van der Waals surface area contributed by atoms with Gasteiger partial charge in [0.1, 0.15) is 35.4 Å². The van der Waals surface area contributed by atoms with Crippen LogP contribution >= 0.6 is 11.3 Å². The maximum Gasteiger partial charge on any atom is 0.416 e. The summed E-state index contributed by atoms with van der Waals surface area (Å²) in [5.74, 6) is 0.985. The number of nitrogens with zero attached hydrogens (tertiary/aromatic N) is 3. The number of anilines is 1. The molecule has 0 fully saturated rings. The maximum absolute atomic E-state index is 12.6. The summed E-state index contributed by atoms with van der Waals surface area (Å²) in [4.78, 5) is 12.5. The van der Waals surface area contributed by atoms with E-state index in [-0.39, 0.29) is 18.9 Å². The first-order valence-electron chi connectivity index (χ1n) is 8.70. The summed E-state index contributed by atoms with van der Waals surface area (Å²) in [6.45, 7) is 2.28. The lowest BCUT2D eigenvalue weighted by Crippen LogP contribution is -2.33. The van der Waals surface area contributed by atoms with Crippen LogP contribution in [-0.4, -0.2) is 41.4 Å². The van der Waals surface area contributed by atoms with Crippen molar-refractivity contribution in [3.05, 3.63) is 47.1 Å². The smallest absolute Gasteiger partial charge is 0.416 e. The number of aromatic nitrogens is 2. The minimum atomic E-state index is -4.39. The Hall–Kier alpha value is -2.39. The van der Waals surface area contributed by atoms with Crippen LogP contribution in [0.25, 0.3) is 10.2 Å². The molecule has 9 heteroatoms. The minimum absolute atomic E-state index is 0.0478. The third kappa shape index (κ3) is 4.71. The fraction of sp³-hybridized carbons (Fsp3) is 0.368. The molecule has 28 heavy (non-hydrogen) atoms. The lowest BCUT2D eigenvalue weighted by molar-refractivity contribution is -0.137. The van der Waals surface area contributed by atoms with Gasteiger partial charge < -0.3 is 14.7 Å². The summed E-state index contributed by atoms with van der Waals surface area (Å²) in [7, 11) is 1.81. The molecule has 3 aromatic rings. The van der Waals surface area contributed by atoms with E-state index >= 15 is 0 Å². The van der Waals surface area contributed by atoms with E-state index in [0.29, 0.717) is 0 Å². The van der Waals surface area contributed by atoms with Crippen molar-refractivity contribution in [1.29, 1.82) is 0 Å². The maximum atomic E-state index is 12.6. The van der Waals surface area contributed by atoms with Gasteiger partial charge in [0, 0.05) is 18.5 Å². The van der Waals surface area contributed by atoms with Crippen molar-refractivity contribution in [3.8, 4) is 5.75 Å². The number of thiophene rings is 1. The van der Waals surface area contributed by atoms with Crippen molar-refractivity contribution in [1.82, 2.24) is 9.97 Å². The average molecular weight is 411 g/mol. The number of fused-ring (bicyclic) bond motifs is 1. The number of aliphatic hydroxyl groups excluding tert-OH is 1. The van der Waals surface area contributed by atoms with Crippen LogP contribution in [0.3, 0.4) is 0 Å². The largest absolute Gasteiger partial charge is 0.491 e. The molecule has 0 bridgehead atoms. The van der Waals surface area contributed by atoms with E-state index in [0.717, 1.165) is 34.6 Å². The second-order valence-corrected chi connectivity index (χ2v) is 7.47. The van der Waals surface area contributed by atoms with Gasteiger partial charge in [-0.2, -0.15) is 13.2 Å².